The molecule has 0 radical (unpaired) electrons. The third-order valence-electron chi connectivity index (χ3n) is 7.75. The molecule has 0 amide bonds. The zero-order valence-corrected chi connectivity index (χ0v) is 22.8. The highest BCUT2D eigenvalue weighted by Gasteiger charge is 2.36. The number of hydrogen-bond acceptors (Lipinski definition) is 6. The fourth-order valence-electron chi connectivity index (χ4n) is 5.80. The minimum absolute atomic E-state index is 0.121. The van der Waals surface area contributed by atoms with Crippen molar-refractivity contribution in [2.24, 2.45) is 0 Å². The minimum atomic E-state index is -4.00. The summed E-state index contributed by atoms with van der Waals surface area (Å²) in [5.41, 5.74) is 5.94. The van der Waals surface area contributed by atoms with Crippen molar-refractivity contribution in [3.8, 4) is 17.2 Å². The minimum Gasteiger partial charge on any atom is -0.496 e. The van der Waals surface area contributed by atoms with Crippen molar-refractivity contribution < 1.29 is 22.1 Å². The van der Waals surface area contributed by atoms with Gasteiger partial charge >= 0.3 is 10.1 Å². The van der Waals surface area contributed by atoms with E-state index in [9.17, 15) is 8.42 Å². The van der Waals surface area contributed by atoms with Crippen LogP contribution in [-0.4, -0.2) is 34.1 Å². The Morgan fingerprint density at radius 1 is 1.00 bits per heavy atom. The van der Waals surface area contributed by atoms with E-state index in [1.165, 1.54) is 35.9 Å². The van der Waals surface area contributed by atoms with E-state index >= 15 is 0 Å². The number of nitrogens with zero attached hydrogens (tertiary/aromatic N) is 1. The molecule has 0 fully saturated rings. The van der Waals surface area contributed by atoms with Gasteiger partial charge < -0.3 is 13.7 Å². The Bertz CT molecular complexity index is 1390. The van der Waals surface area contributed by atoms with Gasteiger partial charge in [0.05, 0.1) is 14.2 Å². The molecule has 7 heteroatoms. The lowest BCUT2D eigenvalue weighted by Gasteiger charge is -2.42. The van der Waals surface area contributed by atoms with E-state index in [4.69, 9.17) is 13.7 Å². The van der Waals surface area contributed by atoms with Crippen molar-refractivity contribution in [3.05, 3.63) is 82.4 Å². The molecule has 37 heavy (non-hydrogen) atoms. The largest absolute Gasteiger partial charge is 0.496 e. The first-order valence-electron chi connectivity index (χ1n) is 13.0. The maximum Gasteiger partial charge on any atom is 0.339 e. The molecule has 196 valence electrons. The predicted molar refractivity (Wildman–Crippen MR) is 144 cm³/mol. The van der Waals surface area contributed by atoms with Crippen molar-refractivity contribution >= 4 is 10.1 Å². The molecular weight excluding hydrogens is 486 g/mol. The number of ether oxygens (including phenoxy) is 2. The van der Waals surface area contributed by atoms with Crippen LogP contribution in [0.25, 0.3) is 0 Å². The summed E-state index contributed by atoms with van der Waals surface area (Å²) in [4.78, 5) is 2.54. The van der Waals surface area contributed by atoms with Crippen LogP contribution in [0, 0.1) is 0 Å². The smallest absolute Gasteiger partial charge is 0.339 e. The Morgan fingerprint density at radius 3 is 2.46 bits per heavy atom. The van der Waals surface area contributed by atoms with Crippen LogP contribution in [0.1, 0.15) is 66.5 Å². The molecule has 2 aliphatic heterocycles. The first kappa shape index (κ1) is 25.6. The maximum absolute atomic E-state index is 13.1. The molecule has 0 aliphatic carbocycles. The van der Waals surface area contributed by atoms with E-state index in [1.807, 2.05) is 12.1 Å². The van der Waals surface area contributed by atoms with Crippen LogP contribution in [0.15, 0.2) is 59.5 Å². The van der Waals surface area contributed by atoms with E-state index in [-0.39, 0.29) is 16.7 Å². The lowest BCUT2D eigenvalue weighted by molar-refractivity contribution is 0.158. The van der Waals surface area contributed by atoms with E-state index in [0.717, 1.165) is 49.1 Å². The van der Waals surface area contributed by atoms with Gasteiger partial charge in [-0.25, -0.2) is 0 Å². The molecule has 0 saturated heterocycles. The quantitative estimate of drug-likeness (QED) is 0.337. The van der Waals surface area contributed by atoms with Gasteiger partial charge in [0.15, 0.2) is 11.5 Å². The van der Waals surface area contributed by atoms with Crippen molar-refractivity contribution in [2.75, 3.05) is 20.8 Å². The van der Waals surface area contributed by atoms with Crippen LogP contribution < -0.4 is 13.7 Å². The Hall–Kier alpha value is -3.03. The molecule has 2 heterocycles. The van der Waals surface area contributed by atoms with Crippen molar-refractivity contribution in [2.45, 2.75) is 62.9 Å². The van der Waals surface area contributed by atoms with Crippen LogP contribution in [0.3, 0.4) is 0 Å². The van der Waals surface area contributed by atoms with Gasteiger partial charge in [-0.3, -0.25) is 4.90 Å². The van der Waals surface area contributed by atoms with Gasteiger partial charge in [0.1, 0.15) is 10.6 Å². The van der Waals surface area contributed by atoms with Gasteiger partial charge in [-0.2, -0.15) is 8.42 Å². The lowest BCUT2D eigenvalue weighted by Crippen LogP contribution is -2.39. The van der Waals surface area contributed by atoms with E-state index in [1.54, 1.807) is 25.3 Å². The average molecular weight is 522 g/mol. The van der Waals surface area contributed by atoms with Crippen LogP contribution in [0.2, 0.25) is 0 Å². The van der Waals surface area contributed by atoms with Gasteiger partial charge in [0.25, 0.3) is 0 Å². The van der Waals surface area contributed by atoms with Crippen LogP contribution in [-0.2, 0) is 29.5 Å². The van der Waals surface area contributed by atoms with Crippen molar-refractivity contribution in [1.82, 2.24) is 4.90 Å². The number of methoxy groups -OCH3 is 2. The molecular formula is C30H35NO5S. The topological polar surface area (TPSA) is 65.1 Å². The van der Waals surface area contributed by atoms with Crippen molar-refractivity contribution in [1.29, 1.82) is 0 Å². The molecule has 6 nitrogen and oxygen atoms in total. The van der Waals surface area contributed by atoms with Gasteiger partial charge in [0, 0.05) is 24.7 Å². The summed E-state index contributed by atoms with van der Waals surface area (Å²) < 4.78 is 43.4. The molecule has 2 aliphatic rings. The molecule has 0 aromatic heterocycles. The second-order valence-electron chi connectivity index (χ2n) is 10.0. The molecule has 5 rings (SSSR count). The number of hydrogen-bond donors (Lipinski definition) is 0. The molecule has 0 bridgehead atoms. The summed E-state index contributed by atoms with van der Waals surface area (Å²) in [6, 6.07) is 16.9. The van der Waals surface area contributed by atoms with Crippen molar-refractivity contribution in [3.63, 3.8) is 0 Å². The molecule has 3 aromatic carbocycles. The van der Waals surface area contributed by atoms with Gasteiger partial charge in [0.2, 0.25) is 0 Å². The van der Waals surface area contributed by atoms with Gasteiger partial charge in [-0.1, -0.05) is 50.6 Å². The number of rotatable bonds is 8. The van der Waals surface area contributed by atoms with Gasteiger partial charge in [-0.05, 0) is 71.7 Å². The van der Waals surface area contributed by atoms with Crippen LogP contribution in [0.4, 0.5) is 0 Å². The predicted octanol–water partition coefficient (Wildman–Crippen LogP) is 6.03. The third kappa shape index (κ3) is 4.82. The highest BCUT2D eigenvalue weighted by atomic mass is 32.2. The zero-order valence-electron chi connectivity index (χ0n) is 22.0. The Labute approximate surface area is 220 Å². The highest BCUT2D eigenvalue weighted by Crippen LogP contribution is 2.46. The lowest BCUT2D eigenvalue weighted by atomic mass is 9.81. The third-order valence-corrected chi connectivity index (χ3v) is 8.99. The first-order valence-corrected chi connectivity index (χ1v) is 14.4. The summed E-state index contributed by atoms with van der Waals surface area (Å²) in [5.74, 6) is 2.12. The van der Waals surface area contributed by atoms with E-state index in [2.05, 4.69) is 30.9 Å². The van der Waals surface area contributed by atoms with E-state index in [0.29, 0.717) is 18.2 Å². The van der Waals surface area contributed by atoms with E-state index < -0.39 is 10.1 Å². The van der Waals surface area contributed by atoms with Crippen LogP contribution in [0.5, 0.6) is 17.2 Å². The summed E-state index contributed by atoms with van der Waals surface area (Å²) in [5, 5.41) is 0. The van der Waals surface area contributed by atoms with Crippen LogP contribution >= 0.6 is 0 Å². The molecule has 2 atom stereocenters. The standard InChI is InChI=1S/C30H35NO5S/c1-5-9-20(2)24-16-22-14-15-31-19-26-21(17-27(31)25(22)18-29(24)35-4)12-13-28(34-3)30(26)36-37(32,33)23-10-7-6-8-11-23/h6-8,10-13,16,18,20,27H,5,9,14-15,17,19H2,1-4H3. The maximum atomic E-state index is 13.1. The fraction of sp³-hybridized carbons (Fsp3) is 0.400. The number of fused-ring (bicyclic) bond motifs is 4. The molecule has 0 saturated carbocycles. The fourth-order valence-corrected chi connectivity index (χ4v) is 6.79. The SMILES string of the molecule is CCCC(C)c1cc2c(cc1OC)C1Cc3ccc(OC)c(OS(=O)(=O)c4ccccc4)c3CN1CC2. The Balaban J connectivity index is 1.52. The summed E-state index contributed by atoms with van der Waals surface area (Å²) in [6.07, 6.45) is 3.98. The Kier molecular flexibility index (Phi) is 7.19. The average Bonchev–Trinajstić information content (AvgIpc) is 2.92. The summed E-state index contributed by atoms with van der Waals surface area (Å²) in [7, 11) is -0.708. The molecule has 0 spiro atoms. The first-order chi connectivity index (χ1) is 17.9. The summed E-state index contributed by atoms with van der Waals surface area (Å²) in [6.45, 7) is 5.98. The summed E-state index contributed by atoms with van der Waals surface area (Å²) >= 11 is 0. The Morgan fingerprint density at radius 2 is 1.76 bits per heavy atom. The molecule has 3 aromatic rings. The second kappa shape index (κ2) is 10.4. The van der Waals surface area contributed by atoms with Gasteiger partial charge in [-0.15, -0.1) is 0 Å². The molecule has 2 unspecified atom stereocenters. The number of benzene rings is 3. The zero-order chi connectivity index (χ0) is 26.2. The monoisotopic (exact) mass is 521 g/mol. The normalized spacial score (nSPS) is 17.8. The molecule has 0 N–H and O–H groups in total. The second-order valence-corrected chi connectivity index (χ2v) is 11.6. The highest BCUT2D eigenvalue weighted by molar-refractivity contribution is 7.87.